The quantitative estimate of drug-likeness (QED) is 0.548. The van der Waals surface area contributed by atoms with Gasteiger partial charge in [0.15, 0.2) is 0 Å². The Kier molecular flexibility index (Phi) is 6.17. The number of hydrogen-bond donors (Lipinski definition) is 0. The van der Waals surface area contributed by atoms with Crippen molar-refractivity contribution >= 4 is 11.3 Å². The Hall–Kier alpha value is -1.87. The lowest BCUT2D eigenvalue weighted by Crippen LogP contribution is -1.98. The van der Waals surface area contributed by atoms with Crippen LogP contribution in [-0.2, 0) is 7.05 Å². The second kappa shape index (κ2) is 8.11. The third-order valence-corrected chi connectivity index (χ3v) is 4.46. The van der Waals surface area contributed by atoms with Crippen molar-refractivity contribution in [1.82, 2.24) is 9.55 Å². The van der Waals surface area contributed by atoms with Gasteiger partial charge in [-0.3, -0.25) is 0 Å². The Labute approximate surface area is 143 Å². The van der Waals surface area contributed by atoms with Crippen molar-refractivity contribution in [1.29, 1.82) is 0 Å². The van der Waals surface area contributed by atoms with Gasteiger partial charge in [0, 0.05) is 29.9 Å². The molecule has 3 aromatic rings. The van der Waals surface area contributed by atoms with Crippen LogP contribution in [0.5, 0.6) is 0 Å². The summed E-state index contributed by atoms with van der Waals surface area (Å²) in [5.41, 5.74) is 3.85. The first-order valence-corrected chi connectivity index (χ1v) is 9.11. The predicted molar refractivity (Wildman–Crippen MR) is 102 cm³/mol. The number of benzene rings is 1. The van der Waals surface area contributed by atoms with Crippen LogP contribution >= 0.6 is 11.3 Å². The summed E-state index contributed by atoms with van der Waals surface area (Å²) >= 11 is 1.77. The van der Waals surface area contributed by atoms with E-state index >= 15 is 0 Å². The zero-order valence-electron chi connectivity index (χ0n) is 14.7. The lowest BCUT2D eigenvalue weighted by Gasteiger charge is -2.14. The molecule has 1 aromatic carbocycles. The molecule has 2 aromatic heterocycles. The summed E-state index contributed by atoms with van der Waals surface area (Å²) in [6.45, 7) is 8.71. The van der Waals surface area contributed by atoms with Crippen LogP contribution < -0.4 is 0 Å². The number of hydrogen-bond acceptors (Lipinski definition) is 2. The second-order valence-corrected chi connectivity index (χ2v) is 6.95. The Bertz CT molecular complexity index is 724. The van der Waals surface area contributed by atoms with Crippen molar-refractivity contribution in [3.05, 3.63) is 53.7 Å². The molecule has 2 heterocycles. The summed E-state index contributed by atoms with van der Waals surface area (Å²) in [6, 6.07) is 11.0. The van der Waals surface area contributed by atoms with Crippen LogP contribution in [0.2, 0.25) is 0 Å². The van der Waals surface area contributed by atoms with Gasteiger partial charge in [0.2, 0.25) is 0 Å². The van der Waals surface area contributed by atoms with Crippen molar-refractivity contribution in [2.24, 2.45) is 7.05 Å². The lowest BCUT2D eigenvalue weighted by molar-refractivity contribution is 0.858. The highest BCUT2D eigenvalue weighted by Gasteiger charge is 2.13. The molecule has 0 atom stereocenters. The summed E-state index contributed by atoms with van der Waals surface area (Å²) in [5, 5.41) is 2.12. The normalized spacial score (nSPS) is 10.5. The second-order valence-electron chi connectivity index (χ2n) is 6.00. The van der Waals surface area contributed by atoms with Gasteiger partial charge in [0.05, 0.1) is 0 Å². The van der Waals surface area contributed by atoms with Crippen molar-refractivity contribution in [3.8, 4) is 21.8 Å². The Morgan fingerprint density at radius 3 is 2.43 bits per heavy atom. The average Bonchev–Trinajstić information content (AvgIpc) is 3.18. The van der Waals surface area contributed by atoms with Gasteiger partial charge < -0.3 is 4.57 Å². The molecular weight excluding hydrogens is 300 g/mol. The SMILES string of the molecule is CC(C)c1ccc(-c2cccs2)cc1-c1nccn1C.CCC. The van der Waals surface area contributed by atoms with Gasteiger partial charge in [-0.25, -0.2) is 4.98 Å². The molecule has 3 rings (SSSR count). The van der Waals surface area contributed by atoms with Gasteiger partial charge in [-0.1, -0.05) is 52.3 Å². The van der Waals surface area contributed by atoms with E-state index in [4.69, 9.17) is 0 Å². The van der Waals surface area contributed by atoms with E-state index < -0.39 is 0 Å². The molecule has 0 unspecified atom stereocenters. The number of thiophene rings is 1. The monoisotopic (exact) mass is 326 g/mol. The molecule has 23 heavy (non-hydrogen) atoms. The first-order chi connectivity index (χ1) is 11.1. The van der Waals surface area contributed by atoms with E-state index in [9.17, 15) is 0 Å². The number of aromatic nitrogens is 2. The standard InChI is InChI=1S/C17H18N2S.C3H8/c1-12(2)14-7-6-13(16-5-4-10-20-16)11-15(14)17-18-8-9-19(17)3;1-3-2/h4-12H,1-3H3;3H2,1-2H3. The molecular formula is C20H26N2S. The van der Waals surface area contributed by atoms with Crippen LogP contribution in [0, 0.1) is 0 Å². The largest absolute Gasteiger partial charge is 0.334 e. The average molecular weight is 327 g/mol. The highest BCUT2D eigenvalue weighted by molar-refractivity contribution is 7.13. The van der Waals surface area contributed by atoms with Crippen molar-refractivity contribution in [2.75, 3.05) is 0 Å². The summed E-state index contributed by atoms with van der Waals surface area (Å²) in [5.74, 6) is 1.52. The molecule has 3 heteroatoms. The van der Waals surface area contributed by atoms with E-state index in [1.165, 1.54) is 28.0 Å². The fourth-order valence-corrected chi connectivity index (χ4v) is 3.20. The van der Waals surface area contributed by atoms with Gasteiger partial charge in [-0.2, -0.15) is 0 Å². The smallest absolute Gasteiger partial charge is 0.139 e. The number of aryl methyl sites for hydroxylation is 1. The number of imidazole rings is 1. The third kappa shape index (κ3) is 4.11. The molecule has 0 saturated heterocycles. The minimum atomic E-state index is 0.485. The van der Waals surface area contributed by atoms with E-state index in [0.717, 1.165) is 5.82 Å². The zero-order valence-corrected chi connectivity index (χ0v) is 15.5. The predicted octanol–water partition coefficient (Wildman–Crippen LogP) is 6.36. The van der Waals surface area contributed by atoms with Crippen molar-refractivity contribution in [3.63, 3.8) is 0 Å². The molecule has 0 bridgehead atoms. The van der Waals surface area contributed by atoms with Crippen LogP contribution in [-0.4, -0.2) is 9.55 Å². The summed E-state index contributed by atoms with van der Waals surface area (Å²) in [4.78, 5) is 5.82. The molecule has 0 saturated carbocycles. The third-order valence-electron chi connectivity index (χ3n) is 3.54. The van der Waals surface area contributed by atoms with Crippen molar-refractivity contribution < 1.29 is 0 Å². The Balaban J connectivity index is 0.000000595. The van der Waals surface area contributed by atoms with Gasteiger partial charge >= 0.3 is 0 Å². The van der Waals surface area contributed by atoms with E-state index in [-0.39, 0.29) is 0 Å². The fourth-order valence-electron chi connectivity index (χ4n) is 2.47. The molecule has 2 nitrogen and oxygen atoms in total. The summed E-state index contributed by atoms with van der Waals surface area (Å²) < 4.78 is 2.08. The molecule has 0 N–H and O–H groups in total. The lowest BCUT2D eigenvalue weighted by atomic mass is 9.94. The maximum atomic E-state index is 4.52. The topological polar surface area (TPSA) is 17.8 Å². The molecule has 0 aliphatic carbocycles. The Morgan fingerprint density at radius 2 is 1.91 bits per heavy atom. The Morgan fingerprint density at radius 1 is 1.17 bits per heavy atom. The zero-order chi connectivity index (χ0) is 16.8. The van der Waals surface area contributed by atoms with E-state index in [2.05, 4.69) is 73.0 Å². The molecule has 0 aliphatic rings. The fraction of sp³-hybridized carbons (Fsp3) is 0.350. The van der Waals surface area contributed by atoms with Gasteiger partial charge in [-0.05, 0) is 34.6 Å². The first-order valence-electron chi connectivity index (χ1n) is 8.23. The molecule has 0 radical (unpaired) electrons. The molecule has 0 aliphatic heterocycles. The van der Waals surface area contributed by atoms with Crippen molar-refractivity contribution in [2.45, 2.75) is 40.0 Å². The van der Waals surface area contributed by atoms with Gasteiger partial charge in [0.1, 0.15) is 5.82 Å². The van der Waals surface area contributed by atoms with Gasteiger partial charge in [0.25, 0.3) is 0 Å². The molecule has 0 amide bonds. The van der Waals surface area contributed by atoms with Crippen LogP contribution in [0.25, 0.3) is 21.8 Å². The highest BCUT2D eigenvalue weighted by Crippen LogP contribution is 2.33. The van der Waals surface area contributed by atoms with Crippen LogP contribution in [0.1, 0.15) is 45.6 Å². The molecule has 122 valence electrons. The van der Waals surface area contributed by atoms with E-state index in [1.807, 2.05) is 19.4 Å². The maximum Gasteiger partial charge on any atom is 0.139 e. The summed E-state index contributed by atoms with van der Waals surface area (Å²) in [6.07, 6.45) is 5.11. The number of nitrogens with zero attached hydrogens (tertiary/aromatic N) is 2. The van der Waals surface area contributed by atoms with E-state index in [0.29, 0.717) is 5.92 Å². The maximum absolute atomic E-state index is 4.52. The first kappa shape index (κ1) is 17.5. The minimum absolute atomic E-state index is 0.485. The van der Waals surface area contributed by atoms with E-state index in [1.54, 1.807) is 11.3 Å². The van der Waals surface area contributed by atoms with Crippen LogP contribution in [0.3, 0.4) is 0 Å². The minimum Gasteiger partial charge on any atom is -0.334 e. The van der Waals surface area contributed by atoms with Crippen LogP contribution in [0.15, 0.2) is 48.1 Å². The molecule has 0 fully saturated rings. The van der Waals surface area contributed by atoms with Crippen LogP contribution in [0.4, 0.5) is 0 Å². The van der Waals surface area contributed by atoms with Gasteiger partial charge in [-0.15, -0.1) is 11.3 Å². The molecule has 0 spiro atoms. The highest BCUT2D eigenvalue weighted by atomic mass is 32.1. The summed E-state index contributed by atoms with van der Waals surface area (Å²) in [7, 11) is 2.05. The number of rotatable bonds is 3.